The molecule has 1 aliphatic rings. The summed E-state index contributed by atoms with van der Waals surface area (Å²) in [6.07, 6.45) is 5.28. The van der Waals surface area contributed by atoms with Crippen molar-refractivity contribution < 1.29 is 9.47 Å². The summed E-state index contributed by atoms with van der Waals surface area (Å²) in [6.45, 7) is 0. The van der Waals surface area contributed by atoms with Crippen molar-refractivity contribution in [3.8, 4) is 11.5 Å². The monoisotopic (exact) mass is 284 g/mol. The van der Waals surface area contributed by atoms with Gasteiger partial charge in [-0.2, -0.15) is 0 Å². The second-order valence-electron chi connectivity index (χ2n) is 4.14. The van der Waals surface area contributed by atoms with Crippen LogP contribution in [0.15, 0.2) is 18.2 Å². The van der Waals surface area contributed by atoms with Crippen LogP contribution in [-0.2, 0) is 5.33 Å². The first-order valence-electron chi connectivity index (χ1n) is 5.73. The van der Waals surface area contributed by atoms with Crippen molar-refractivity contribution in [2.24, 2.45) is 0 Å². The van der Waals surface area contributed by atoms with Gasteiger partial charge in [-0.1, -0.05) is 22.0 Å². The molecule has 0 aromatic heterocycles. The summed E-state index contributed by atoms with van der Waals surface area (Å²) in [6, 6.07) is 6.09. The molecular formula is C13H17BrO2. The number of benzene rings is 1. The van der Waals surface area contributed by atoms with Crippen molar-refractivity contribution in [3.63, 3.8) is 0 Å². The molecule has 0 atom stereocenters. The highest BCUT2D eigenvalue weighted by Gasteiger charge is 2.18. The van der Waals surface area contributed by atoms with Crippen molar-refractivity contribution >= 4 is 15.9 Å². The van der Waals surface area contributed by atoms with Gasteiger partial charge in [-0.3, -0.25) is 0 Å². The van der Waals surface area contributed by atoms with Crippen molar-refractivity contribution in [2.45, 2.75) is 37.1 Å². The van der Waals surface area contributed by atoms with Gasteiger partial charge in [0.1, 0.15) is 0 Å². The largest absolute Gasteiger partial charge is 0.493 e. The topological polar surface area (TPSA) is 18.5 Å². The van der Waals surface area contributed by atoms with Gasteiger partial charge >= 0.3 is 0 Å². The summed E-state index contributed by atoms with van der Waals surface area (Å²) < 4.78 is 11.3. The Bertz CT molecular complexity index is 346. The predicted octanol–water partition coefficient (Wildman–Crippen LogP) is 3.91. The zero-order valence-electron chi connectivity index (χ0n) is 9.54. The van der Waals surface area contributed by atoms with Gasteiger partial charge < -0.3 is 9.47 Å². The number of ether oxygens (including phenoxy) is 2. The van der Waals surface area contributed by atoms with Crippen molar-refractivity contribution in [1.82, 2.24) is 0 Å². The summed E-state index contributed by atoms with van der Waals surface area (Å²) >= 11 is 3.45. The third-order valence-corrected chi connectivity index (χ3v) is 3.63. The number of alkyl halides is 1. The van der Waals surface area contributed by atoms with Gasteiger partial charge in [-0.15, -0.1) is 0 Å². The molecule has 0 spiro atoms. The highest BCUT2D eigenvalue weighted by molar-refractivity contribution is 9.08. The minimum atomic E-state index is 0.375. The molecular weight excluding hydrogens is 268 g/mol. The lowest BCUT2D eigenvalue weighted by atomic mass is 10.2. The van der Waals surface area contributed by atoms with Crippen LogP contribution in [0.4, 0.5) is 0 Å². The molecule has 88 valence electrons. The molecule has 1 aliphatic carbocycles. The fourth-order valence-corrected chi connectivity index (χ4v) is 2.43. The average molecular weight is 285 g/mol. The second kappa shape index (κ2) is 5.58. The lowest BCUT2D eigenvalue weighted by molar-refractivity contribution is 0.200. The highest BCUT2D eigenvalue weighted by atomic mass is 79.9. The van der Waals surface area contributed by atoms with E-state index in [1.54, 1.807) is 7.11 Å². The number of methoxy groups -OCH3 is 1. The van der Waals surface area contributed by atoms with Crippen molar-refractivity contribution in [3.05, 3.63) is 23.8 Å². The normalized spacial score (nSPS) is 16.4. The van der Waals surface area contributed by atoms with Gasteiger partial charge in [0.25, 0.3) is 0 Å². The summed E-state index contributed by atoms with van der Waals surface area (Å²) in [4.78, 5) is 0. The van der Waals surface area contributed by atoms with Crippen LogP contribution in [0.1, 0.15) is 31.2 Å². The molecule has 1 fully saturated rings. The molecule has 0 radical (unpaired) electrons. The first-order valence-corrected chi connectivity index (χ1v) is 6.85. The third kappa shape index (κ3) is 2.70. The number of rotatable bonds is 4. The van der Waals surface area contributed by atoms with Gasteiger partial charge in [0.2, 0.25) is 0 Å². The lowest BCUT2D eigenvalue weighted by Crippen LogP contribution is -2.11. The summed E-state index contributed by atoms with van der Waals surface area (Å²) in [5.74, 6) is 1.71. The molecule has 0 saturated heterocycles. The molecule has 0 N–H and O–H groups in total. The zero-order chi connectivity index (χ0) is 11.4. The molecule has 0 amide bonds. The smallest absolute Gasteiger partial charge is 0.161 e. The van der Waals surface area contributed by atoms with Crippen LogP contribution in [0.2, 0.25) is 0 Å². The molecule has 3 heteroatoms. The second-order valence-corrected chi connectivity index (χ2v) is 4.70. The summed E-state index contributed by atoms with van der Waals surface area (Å²) in [7, 11) is 1.69. The fraction of sp³-hybridized carbons (Fsp3) is 0.538. The Labute approximate surface area is 105 Å². The van der Waals surface area contributed by atoms with Crippen LogP contribution >= 0.6 is 15.9 Å². The zero-order valence-corrected chi connectivity index (χ0v) is 11.1. The molecule has 1 aromatic rings. The molecule has 2 rings (SSSR count). The molecule has 0 aliphatic heterocycles. The molecule has 16 heavy (non-hydrogen) atoms. The average Bonchev–Trinajstić information content (AvgIpc) is 2.82. The number of hydrogen-bond donors (Lipinski definition) is 0. The van der Waals surface area contributed by atoms with Crippen LogP contribution in [0, 0.1) is 0 Å². The molecule has 0 unspecified atom stereocenters. The molecule has 0 heterocycles. The Morgan fingerprint density at radius 2 is 2.00 bits per heavy atom. The van der Waals surface area contributed by atoms with E-state index in [1.165, 1.54) is 31.2 Å². The predicted molar refractivity (Wildman–Crippen MR) is 68.5 cm³/mol. The van der Waals surface area contributed by atoms with Gasteiger partial charge in [0, 0.05) is 5.33 Å². The molecule has 1 aromatic carbocycles. The van der Waals surface area contributed by atoms with Gasteiger partial charge in [-0.25, -0.2) is 0 Å². The van der Waals surface area contributed by atoms with E-state index >= 15 is 0 Å². The Morgan fingerprint density at radius 3 is 2.62 bits per heavy atom. The van der Waals surface area contributed by atoms with E-state index in [4.69, 9.17) is 9.47 Å². The SMILES string of the molecule is COc1ccc(CBr)cc1OC1CCCC1. The van der Waals surface area contributed by atoms with Gasteiger partial charge in [0.05, 0.1) is 13.2 Å². The van der Waals surface area contributed by atoms with Crippen LogP contribution in [-0.4, -0.2) is 13.2 Å². The first kappa shape index (κ1) is 11.8. The van der Waals surface area contributed by atoms with E-state index in [-0.39, 0.29) is 0 Å². The van der Waals surface area contributed by atoms with Crippen molar-refractivity contribution in [1.29, 1.82) is 0 Å². The third-order valence-electron chi connectivity index (χ3n) is 2.98. The van der Waals surface area contributed by atoms with Crippen LogP contribution < -0.4 is 9.47 Å². The molecule has 1 saturated carbocycles. The van der Waals surface area contributed by atoms with Gasteiger partial charge in [-0.05, 0) is 43.4 Å². The maximum atomic E-state index is 5.99. The van der Waals surface area contributed by atoms with Gasteiger partial charge in [0.15, 0.2) is 11.5 Å². The van der Waals surface area contributed by atoms with Crippen LogP contribution in [0.25, 0.3) is 0 Å². The first-order chi connectivity index (χ1) is 7.83. The summed E-state index contributed by atoms with van der Waals surface area (Å²) in [5, 5.41) is 0.845. The Morgan fingerprint density at radius 1 is 1.25 bits per heavy atom. The Kier molecular flexibility index (Phi) is 4.10. The van der Waals surface area contributed by atoms with Crippen LogP contribution in [0.3, 0.4) is 0 Å². The lowest BCUT2D eigenvalue weighted by Gasteiger charge is -2.16. The van der Waals surface area contributed by atoms with E-state index in [9.17, 15) is 0 Å². The molecule has 2 nitrogen and oxygen atoms in total. The van der Waals surface area contributed by atoms with E-state index in [2.05, 4.69) is 28.1 Å². The standard InChI is InChI=1S/C13H17BrO2/c1-15-12-7-6-10(9-14)8-13(12)16-11-4-2-3-5-11/h6-8,11H,2-5,9H2,1H3. The van der Waals surface area contributed by atoms with E-state index < -0.39 is 0 Å². The van der Waals surface area contributed by atoms with E-state index in [0.29, 0.717) is 6.10 Å². The Balaban J connectivity index is 2.15. The highest BCUT2D eigenvalue weighted by Crippen LogP contribution is 2.32. The van der Waals surface area contributed by atoms with E-state index in [1.807, 2.05) is 6.07 Å². The van der Waals surface area contributed by atoms with E-state index in [0.717, 1.165) is 16.8 Å². The van der Waals surface area contributed by atoms with Crippen molar-refractivity contribution in [2.75, 3.05) is 7.11 Å². The quantitative estimate of drug-likeness (QED) is 0.781. The minimum absolute atomic E-state index is 0.375. The minimum Gasteiger partial charge on any atom is -0.493 e. The Hall–Kier alpha value is -0.700. The maximum Gasteiger partial charge on any atom is 0.161 e. The number of halogens is 1. The summed E-state index contributed by atoms with van der Waals surface area (Å²) in [5.41, 5.74) is 1.22. The van der Waals surface area contributed by atoms with Crippen LogP contribution in [0.5, 0.6) is 11.5 Å². The number of hydrogen-bond acceptors (Lipinski definition) is 2. The fourth-order valence-electron chi connectivity index (χ4n) is 2.08. The maximum absolute atomic E-state index is 5.99. The molecule has 0 bridgehead atoms.